The number of likely N-dealkylation sites (N-methyl/N-ethyl adjacent to an activating group) is 2. The van der Waals surface area contributed by atoms with Crippen LogP contribution in [0.1, 0.15) is 26.3 Å². The summed E-state index contributed by atoms with van der Waals surface area (Å²) in [5, 5.41) is 0. The Kier molecular flexibility index (Phi) is 7.40. The summed E-state index contributed by atoms with van der Waals surface area (Å²) in [7, 11) is 6.07. The fraction of sp³-hybridized carbons (Fsp3) is 0.280. The van der Waals surface area contributed by atoms with Crippen molar-refractivity contribution in [3.8, 4) is 0 Å². The summed E-state index contributed by atoms with van der Waals surface area (Å²) >= 11 is 0. The lowest BCUT2D eigenvalue weighted by molar-refractivity contribution is -0.142. The zero-order valence-electron chi connectivity index (χ0n) is 19.2. The normalized spacial score (nSPS) is 13.1. The Hall–Kier alpha value is -3.78. The molecule has 0 aromatic heterocycles. The fourth-order valence-corrected chi connectivity index (χ4v) is 3.75. The van der Waals surface area contributed by atoms with E-state index in [4.69, 9.17) is 4.74 Å². The Morgan fingerprint density at radius 3 is 1.88 bits per heavy atom. The van der Waals surface area contributed by atoms with Gasteiger partial charge in [-0.2, -0.15) is 0 Å². The van der Waals surface area contributed by atoms with Gasteiger partial charge in [-0.1, -0.05) is 54.6 Å². The van der Waals surface area contributed by atoms with Gasteiger partial charge in [0.1, 0.15) is 11.4 Å². The van der Waals surface area contributed by atoms with Crippen LogP contribution >= 0.6 is 0 Å². The monoisotopic (exact) mass is 449 g/mol. The van der Waals surface area contributed by atoms with Gasteiger partial charge in [-0.25, -0.2) is 0 Å². The van der Waals surface area contributed by atoms with Crippen molar-refractivity contribution in [3.63, 3.8) is 0 Å². The Morgan fingerprint density at radius 2 is 1.33 bits per heavy atom. The van der Waals surface area contributed by atoms with E-state index in [9.17, 15) is 19.2 Å². The Morgan fingerprint density at radius 1 is 0.788 bits per heavy atom. The average molecular weight is 450 g/mol. The van der Waals surface area contributed by atoms with Gasteiger partial charge in [0.15, 0.2) is 0 Å². The first kappa shape index (κ1) is 23.9. The molecule has 0 bridgehead atoms. The van der Waals surface area contributed by atoms with E-state index < -0.39 is 17.7 Å². The number of hydrogen-bond donors (Lipinski definition) is 0. The number of hydrogen-bond acceptors (Lipinski definition) is 7. The van der Waals surface area contributed by atoms with E-state index in [1.807, 2.05) is 30.3 Å². The lowest BCUT2D eigenvalue weighted by Crippen LogP contribution is -2.44. The third-order valence-electron chi connectivity index (χ3n) is 5.42. The molecule has 172 valence electrons. The number of methoxy groups -OCH3 is 1. The molecule has 0 spiro atoms. The molecule has 1 amide bonds. The average Bonchev–Trinajstić information content (AvgIpc) is 2.81. The minimum Gasteiger partial charge on any atom is -0.468 e. The van der Waals surface area contributed by atoms with Gasteiger partial charge in [-0.3, -0.25) is 24.1 Å². The number of esters is 1. The topological polar surface area (TPSA) is 87.2 Å². The number of Topliss-reactive ketones (excluding diaryl/α,β-unsaturated/α-hetero) is 2. The molecule has 0 saturated heterocycles. The van der Waals surface area contributed by atoms with Crippen LogP contribution < -0.4 is 0 Å². The molecule has 0 N–H and O–H groups in total. The summed E-state index contributed by atoms with van der Waals surface area (Å²) in [6, 6.07) is 16.0. The van der Waals surface area contributed by atoms with Crippen LogP contribution in [0.25, 0.3) is 0 Å². The third kappa shape index (κ3) is 5.18. The molecule has 0 saturated carbocycles. The molecule has 2 aromatic rings. The highest BCUT2D eigenvalue weighted by molar-refractivity contribution is 6.27. The summed E-state index contributed by atoms with van der Waals surface area (Å²) < 4.78 is 4.78. The summed E-state index contributed by atoms with van der Waals surface area (Å²) in [5.74, 6) is -1.62. The predicted octanol–water partition coefficient (Wildman–Crippen LogP) is 1.97. The number of ether oxygens (including phenoxy) is 1. The van der Waals surface area contributed by atoms with Crippen molar-refractivity contribution in [1.29, 1.82) is 0 Å². The maximum atomic E-state index is 13.3. The molecule has 0 atom stereocenters. The highest BCUT2D eigenvalue weighted by Gasteiger charge is 2.37. The van der Waals surface area contributed by atoms with Crippen molar-refractivity contribution < 1.29 is 23.9 Å². The molecule has 3 rings (SSSR count). The van der Waals surface area contributed by atoms with E-state index in [0.29, 0.717) is 12.1 Å². The van der Waals surface area contributed by atoms with Crippen molar-refractivity contribution in [2.24, 2.45) is 0 Å². The smallest absolute Gasteiger partial charge is 0.319 e. The molecule has 33 heavy (non-hydrogen) atoms. The van der Waals surface area contributed by atoms with Crippen LogP contribution in [0.2, 0.25) is 0 Å². The number of fused-ring (bicyclic) bond motifs is 1. The van der Waals surface area contributed by atoms with Crippen LogP contribution in [0.3, 0.4) is 0 Å². The van der Waals surface area contributed by atoms with E-state index in [-0.39, 0.29) is 35.8 Å². The van der Waals surface area contributed by atoms with Gasteiger partial charge < -0.3 is 14.5 Å². The highest BCUT2D eigenvalue weighted by Crippen LogP contribution is 2.29. The molecule has 8 nitrogen and oxygen atoms in total. The van der Waals surface area contributed by atoms with E-state index in [1.165, 1.54) is 19.1 Å². The first-order chi connectivity index (χ1) is 15.7. The highest BCUT2D eigenvalue weighted by atomic mass is 16.5. The minimum atomic E-state index is -0.479. The number of benzene rings is 2. The molecule has 1 aliphatic carbocycles. The zero-order valence-corrected chi connectivity index (χ0v) is 19.2. The van der Waals surface area contributed by atoms with Crippen LogP contribution in [0.4, 0.5) is 0 Å². The van der Waals surface area contributed by atoms with Crippen LogP contribution in [0.15, 0.2) is 66.0 Å². The summed E-state index contributed by atoms with van der Waals surface area (Å²) in [4.78, 5) is 56.0. The summed E-state index contributed by atoms with van der Waals surface area (Å²) in [5.41, 5.74) is 1.66. The van der Waals surface area contributed by atoms with Gasteiger partial charge in [0.2, 0.25) is 17.5 Å². The Balaban J connectivity index is 1.91. The van der Waals surface area contributed by atoms with E-state index in [1.54, 1.807) is 48.2 Å². The van der Waals surface area contributed by atoms with Gasteiger partial charge in [0.05, 0.1) is 20.2 Å². The molecule has 2 aromatic carbocycles. The SMILES string of the molecule is COC(=O)CN(CC(=O)N(C)C1=C(N(C)C)C(=O)c2ccccc2C1=O)Cc1ccccc1. The first-order valence-electron chi connectivity index (χ1n) is 10.4. The number of carbonyl (C=O) groups is 4. The van der Waals surface area contributed by atoms with Crippen LogP contribution in [0.5, 0.6) is 0 Å². The van der Waals surface area contributed by atoms with Crippen LogP contribution in [-0.2, 0) is 20.9 Å². The lowest BCUT2D eigenvalue weighted by atomic mass is 9.89. The zero-order chi connectivity index (χ0) is 24.1. The van der Waals surface area contributed by atoms with Gasteiger partial charge in [0, 0.05) is 38.8 Å². The van der Waals surface area contributed by atoms with Crippen molar-refractivity contribution >= 4 is 23.4 Å². The van der Waals surface area contributed by atoms with Crippen molar-refractivity contribution in [2.75, 3.05) is 41.3 Å². The third-order valence-corrected chi connectivity index (χ3v) is 5.42. The molecule has 8 heteroatoms. The van der Waals surface area contributed by atoms with E-state index in [2.05, 4.69) is 0 Å². The molecule has 0 heterocycles. The van der Waals surface area contributed by atoms with Gasteiger partial charge in [-0.15, -0.1) is 0 Å². The molecule has 0 unspecified atom stereocenters. The second kappa shape index (κ2) is 10.2. The molecule has 0 aliphatic heterocycles. The lowest BCUT2D eigenvalue weighted by Gasteiger charge is -2.31. The molecule has 0 fully saturated rings. The first-order valence-corrected chi connectivity index (χ1v) is 10.4. The van der Waals surface area contributed by atoms with Crippen LogP contribution in [-0.4, -0.2) is 79.5 Å². The number of carbonyl (C=O) groups excluding carboxylic acids is 4. The van der Waals surface area contributed by atoms with Gasteiger partial charge >= 0.3 is 5.97 Å². The molecular formula is C25H27N3O5. The second-order valence-corrected chi connectivity index (χ2v) is 7.96. The second-order valence-electron chi connectivity index (χ2n) is 7.96. The number of nitrogens with zero attached hydrogens (tertiary/aromatic N) is 3. The maximum absolute atomic E-state index is 13.3. The van der Waals surface area contributed by atoms with Crippen molar-refractivity contribution in [2.45, 2.75) is 6.54 Å². The number of allylic oxidation sites excluding steroid dienone is 2. The number of ketones is 2. The van der Waals surface area contributed by atoms with Crippen molar-refractivity contribution in [1.82, 2.24) is 14.7 Å². The van der Waals surface area contributed by atoms with Crippen LogP contribution in [0, 0.1) is 0 Å². The maximum Gasteiger partial charge on any atom is 0.319 e. The quantitative estimate of drug-likeness (QED) is 0.570. The predicted molar refractivity (Wildman–Crippen MR) is 122 cm³/mol. The number of rotatable bonds is 8. The summed E-state index contributed by atoms with van der Waals surface area (Å²) in [6.45, 7) is 0.0961. The van der Waals surface area contributed by atoms with Gasteiger partial charge in [-0.05, 0) is 5.56 Å². The van der Waals surface area contributed by atoms with Gasteiger partial charge in [0.25, 0.3) is 0 Å². The minimum absolute atomic E-state index is 0.0198. The van der Waals surface area contributed by atoms with E-state index >= 15 is 0 Å². The summed E-state index contributed by atoms with van der Waals surface area (Å²) in [6.07, 6.45) is 0. The Bertz CT molecular complexity index is 1110. The molecule has 1 aliphatic rings. The van der Waals surface area contributed by atoms with Crippen molar-refractivity contribution in [3.05, 3.63) is 82.7 Å². The van der Waals surface area contributed by atoms with E-state index in [0.717, 1.165) is 5.56 Å². The molecule has 0 radical (unpaired) electrons. The fourth-order valence-electron chi connectivity index (χ4n) is 3.75. The standard InChI is InChI=1S/C25H27N3O5/c1-26(2)22-23(25(32)19-13-9-8-12-18(19)24(22)31)27(3)20(29)15-28(16-21(30)33-4)14-17-10-6-5-7-11-17/h5-13H,14-16H2,1-4H3. The largest absolute Gasteiger partial charge is 0.468 e. The Labute approximate surface area is 193 Å². The molecular weight excluding hydrogens is 422 g/mol. The number of amides is 1.